The highest BCUT2D eigenvalue weighted by atomic mass is 35.5. The molecule has 1 atom stereocenters. The third-order valence-corrected chi connectivity index (χ3v) is 4.27. The van der Waals surface area contributed by atoms with Gasteiger partial charge >= 0.3 is 5.97 Å². The van der Waals surface area contributed by atoms with E-state index < -0.39 is 34.0 Å². The maximum Gasteiger partial charge on any atom is 0.315 e. The highest BCUT2D eigenvalue weighted by Gasteiger charge is 2.69. The van der Waals surface area contributed by atoms with Gasteiger partial charge < -0.3 is 10.1 Å². The number of rotatable bonds is 4. The molecule has 1 amide bonds. The van der Waals surface area contributed by atoms with Gasteiger partial charge in [0.05, 0.1) is 0 Å². The minimum atomic E-state index is -1.13. The number of benzene rings is 1. The van der Waals surface area contributed by atoms with Gasteiger partial charge in [0, 0.05) is 12.1 Å². The summed E-state index contributed by atoms with van der Waals surface area (Å²) in [6.07, 6.45) is 0.293. The van der Waals surface area contributed by atoms with Crippen LogP contribution in [0.5, 0.6) is 0 Å². The molecular formula is C13H12Cl2FNO3. The van der Waals surface area contributed by atoms with E-state index in [1.54, 1.807) is 6.92 Å². The average molecular weight is 320 g/mol. The Morgan fingerprint density at radius 2 is 1.90 bits per heavy atom. The van der Waals surface area contributed by atoms with Crippen molar-refractivity contribution < 1.29 is 18.7 Å². The number of nitrogens with one attached hydrogen (secondary N) is 1. The Labute approximate surface area is 125 Å². The zero-order chi connectivity index (χ0) is 15.0. The number of ether oxygens (including phenoxy) is 1. The van der Waals surface area contributed by atoms with Crippen LogP contribution in [-0.4, -0.2) is 22.8 Å². The molecule has 1 aliphatic rings. The minimum Gasteiger partial charge on any atom is -0.455 e. The van der Waals surface area contributed by atoms with Crippen molar-refractivity contribution in [3.05, 3.63) is 30.1 Å². The molecule has 0 bridgehead atoms. The Morgan fingerprint density at radius 1 is 1.35 bits per heavy atom. The van der Waals surface area contributed by atoms with Gasteiger partial charge in [-0.15, -0.1) is 23.2 Å². The van der Waals surface area contributed by atoms with Crippen molar-refractivity contribution in [2.45, 2.75) is 17.7 Å². The molecule has 108 valence electrons. The quantitative estimate of drug-likeness (QED) is 0.685. The number of carbonyl (C=O) groups excluding carboxylic acids is 2. The normalized spacial score (nSPS) is 23.0. The minimum absolute atomic E-state index is 0.293. The van der Waals surface area contributed by atoms with E-state index in [1.165, 1.54) is 24.3 Å². The maximum absolute atomic E-state index is 12.7. The summed E-state index contributed by atoms with van der Waals surface area (Å²) in [6, 6.07) is 5.23. The first-order valence-corrected chi connectivity index (χ1v) is 6.61. The van der Waals surface area contributed by atoms with Gasteiger partial charge in [0.2, 0.25) is 0 Å². The molecule has 0 aliphatic heterocycles. The number of carbonyl (C=O) groups is 2. The molecule has 0 heterocycles. The van der Waals surface area contributed by atoms with E-state index in [9.17, 15) is 14.0 Å². The van der Waals surface area contributed by atoms with E-state index in [4.69, 9.17) is 27.9 Å². The van der Waals surface area contributed by atoms with Crippen LogP contribution in [0.25, 0.3) is 0 Å². The molecule has 1 aliphatic carbocycles. The smallest absolute Gasteiger partial charge is 0.315 e. The monoisotopic (exact) mass is 319 g/mol. The van der Waals surface area contributed by atoms with Crippen LogP contribution in [0.1, 0.15) is 13.3 Å². The molecule has 0 aromatic heterocycles. The topological polar surface area (TPSA) is 55.4 Å². The first kappa shape index (κ1) is 15.1. The molecule has 1 N–H and O–H groups in total. The molecule has 0 unspecified atom stereocenters. The molecule has 1 aromatic carbocycles. The first-order valence-electron chi connectivity index (χ1n) is 5.85. The number of alkyl halides is 2. The van der Waals surface area contributed by atoms with Crippen LogP contribution in [0.3, 0.4) is 0 Å². The summed E-state index contributed by atoms with van der Waals surface area (Å²) in [6.45, 7) is 1.13. The molecule has 1 saturated carbocycles. The summed E-state index contributed by atoms with van der Waals surface area (Å²) in [4.78, 5) is 23.3. The lowest BCUT2D eigenvalue weighted by atomic mass is 10.1. The second-order valence-electron chi connectivity index (χ2n) is 4.84. The number of esters is 1. The molecule has 0 saturated heterocycles. The highest BCUT2D eigenvalue weighted by Crippen LogP contribution is 2.64. The summed E-state index contributed by atoms with van der Waals surface area (Å²) in [5.74, 6) is -1.54. The Kier molecular flexibility index (Phi) is 3.93. The van der Waals surface area contributed by atoms with E-state index in [0.29, 0.717) is 12.1 Å². The van der Waals surface area contributed by atoms with Crippen molar-refractivity contribution in [1.82, 2.24) is 0 Å². The van der Waals surface area contributed by atoms with Crippen LogP contribution < -0.4 is 5.32 Å². The number of hydrogen-bond acceptors (Lipinski definition) is 3. The molecule has 1 aromatic rings. The van der Waals surface area contributed by atoms with Crippen LogP contribution in [0.15, 0.2) is 24.3 Å². The number of amides is 1. The fraction of sp³-hybridized carbons (Fsp3) is 0.385. The fourth-order valence-electron chi connectivity index (χ4n) is 1.64. The Balaban J connectivity index is 1.81. The van der Waals surface area contributed by atoms with Crippen LogP contribution in [-0.2, 0) is 14.3 Å². The lowest BCUT2D eigenvalue weighted by Gasteiger charge is -2.11. The number of halogens is 3. The third-order valence-electron chi connectivity index (χ3n) is 3.17. The molecular weight excluding hydrogens is 308 g/mol. The summed E-state index contributed by atoms with van der Waals surface area (Å²) >= 11 is 11.7. The van der Waals surface area contributed by atoms with Crippen molar-refractivity contribution in [3.63, 3.8) is 0 Å². The second-order valence-corrected chi connectivity index (χ2v) is 6.33. The van der Waals surface area contributed by atoms with Gasteiger partial charge in [-0.1, -0.05) is 0 Å². The van der Waals surface area contributed by atoms with E-state index in [1.807, 2.05) is 0 Å². The van der Waals surface area contributed by atoms with Crippen LogP contribution in [0, 0.1) is 11.2 Å². The maximum atomic E-state index is 12.7. The molecule has 20 heavy (non-hydrogen) atoms. The molecule has 2 rings (SSSR count). The van der Waals surface area contributed by atoms with E-state index in [-0.39, 0.29) is 0 Å². The summed E-state index contributed by atoms with van der Waals surface area (Å²) in [5.41, 5.74) is -0.555. The molecule has 7 heteroatoms. The zero-order valence-corrected chi connectivity index (χ0v) is 12.1. The summed E-state index contributed by atoms with van der Waals surface area (Å²) < 4.78 is 16.4. The lowest BCUT2D eigenvalue weighted by molar-refractivity contribution is -0.152. The van der Waals surface area contributed by atoms with Crippen molar-refractivity contribution >= 4 is 40.8 Å². The first-order chi connectivity index (χ1) is 9.24. The molecule has 0 radical (unpaired) electrons. The zero-order valence-electron chi connectivity index (χ0n) is 10.6. The average Bonchev–Trinajstić information content (AvgIpc) is 2.90. The van der Waals surface area contributed by atoms with Gasteiger partial charge in [-0.25, -0.2) is 4.39 Å². The predicted molar refractivity (Wildman–Crippen MR) is 73.1 cm³/mol. The summed E-state index contributed by atoms with van der Waals surface area (Å²) in [7, 11) is 0. The molecule has 4 nitrogen and oxygen atoms in total. The van der Waals surface area contributed by atoms with Gasteiger partial charge in [0.15, 0.2) is 6.61 Å². The standard InChI is InChI=1S/C13H12Cl2FNO3/c1-12(7-13(12,14)15)11(19)20-6-10(18)17-9-4-2-8(16)3-5-9/h2-5H,6-7H2,1H3,(H,17,18)/t12-/m0/s1. The van der Waals surface area contributed by atoms with Gasteiger partial charge in [0.1, 0.15) is 15.6 Å². The van der Waals surface area contributed by atoms with Gasteiger partial charge in [-0.2, -0.15) is 0 Å². The van der Waals surface area contributed by atoms with Gasteiger partial charge in [-0.05, 0) is 31.2 Å². The van der Waals surface area contributed by atoms with Crippen molar-refractivity contribution in [2.75, 3.05) is 11.9 Å². The van der Waals surface area contributed by atoms with E-state index >= 15 is 0 Å². The van der Waals surface area contributed by atoms with Crippen LogP contribution in [0.4, 0.5) is 10.1 Å². The number of hydrogen-bond donors (Lipinski definition) is 1. The predicted octanol–water partition coefficient (Wildman–Crippen LogP) is 2.89. The second kappa shape index (κ2) is 5.22. The largest absolute Gasteiger partial charge is 0.455 e. The Hall–Kier alpha value is -1.33. The lowest BCUT2D eigenvalue weighted by Crippen LogP contribution is -2.26. The van der Waals surface area contributed by atoms with Gasteiger partial charge in [0.25, 0.3) is 5.91 Å². The SMILES string of the molecule is C[C@@]1(C(=O)OCC(=O)Nc2ccc(F)cc2)CC1(Cl)Cl. The highest BCUT2D eigenvalue weighted by molar-refractivity contribution is 6.53. The third kappa shape index (κ3) is 3.04. The molecule has 1 fully saturated rings. The van der Waals surface area contributed by atoms with Crippen LogP contribution >= 0.6 is 23.2 Å². The van der Waals surface area contributed by atoms with E-state index in [0.717, 1.165) is 0 Å². The molecule has 0 spiro atoms. The van der Waals surface area contributed by atoms with Crippen molar-refractivity contribution in [1.29, 1.82) is 0 Å². The fourth-order valence-corrected chi connectivity index (χ4v) is 2.33. The Bertz CT molecular complexity index is 547. The van der Waals surface area contributed by atoms with Gasteiger partial charge in [-0.3, -0.25) is 9.59 Å². The van der Waals surface area contributed by atoms with E-state index in [2.05, 4.69) is 5.32 Å². The Morgan fingerprint density at radius 3 is 2.40 bits per heavy atom. The van der Waals surface area contributed by atoms with Crippen molar-refractivity contribution in [2.24, 2.45) is 5.41 Å². The number of anilines is 1. The van der Waals surface area contributed by atoms with Crippen molar-refractivity contribution in [3.8, 4) is 0 Å². The van der Waals surface area contributed by atoms with Crippen LogP contribution in [0.2, 0.25) is 0 Å². The summed E-state index contributed by atoms with van der Waals surface area (Å²) in [5, 5.41) is 2.47.